The molecule has 0 atom stereocenters. The number of aryl methyl sites for hydroxylation is 2. The number of benzene rings is 3. The van der Waals surface area contributed by atoms with Crippen molar-refractivity contribution in [1.82, 2.24) is 4.72 Å². The molecule has 27 heavy (non-hydrogen) atoms. The second-order valence-corrected chi connectivity index (χ2v) is 8.36. The van der Waals surface area contributed by atoms with E-state index in [-0.39, 0.29) is 10.8 Å². The topological polar surface area (TPSA) is 75.3 Å². The van der Waals surface area contributed by atoms with Crippen molar-refractivity contribution in [1.29, 1.82) is 0 Å². The molecule has 4 rings (SSSR count). The van der Waals surface area contributed by atoms with Gasteiger partial charge in [0.15, 0.2) is 0 Å². The fourth-order valence-electron chi connectivity index (χ4n) is 3.63. The van der Waals surface area contributed by atoms with Gasteiger partial charge >= 0.3 is 0 Å². The van der Waals surface area contributed by atoms with Crippen LogP contribution in [-0.2, 0) is 22.9 Å². The highest BCUT2D eigenvalue weighted by Crippen LogP contribution is 2.35. The molecule has 1 aliphatic rings. The van der Waals surface area contributed by atoms with E-state index in [9.17, 15) is 13.2 Å². The molecule has 5 nitrogen and oxygen atoms in total. The van der Waals surface area contributed by atoms with Gasteiger partial charge in [-0.3, -0.25) is 4.79 Å². The highest BCUT2D eigenvalue weighted by Gasteiger charge is 2.18. The first kappa shape index (κ1) is 17.7. The molecule has 1 amide bonds. The maximum Gasteiger partial charge on any atom is 0.255 e. The molecule has 6 heteroatoms. The summed E-state index contributed by atoms with van der Waals surface area (Å²) in [5, 5.41) is 5.18. The van der Waals surface area contributed by atoms with Crippen LogP contribution in [0.25, 0.3) is 10.8 Å². The lowest BCUT2D eigenvalue weighted by atomic mass is 10.0. The molecule has 0 bridgehead atoms. The van der Waals surface area contributed by atoms with E-state index in [0.29, 0.717) is 12.1 Å². The van der Waals surface area contributed by atoms with E-state index in [2.05, 4.69) is 22.2 Å². The van der Waals surface area contributed by atoms with E-state index in [0.717, 1.165) is 23.9 Å². The van der Waals surface area contributed by atoms with E-state index in [1.807, 2.05) is 18.2 Å². The molecule has 3 aromatic rings. The SMILES string of the molecule is CCNS(=O)(=O)c1cccc(C(=O)Nc2ccc3c4c(cccc24)CC3)c1. The van der Waals surface area contributed by atoms with Crippen molar-refractivity contribution < 1.29 is 13.2 Å². The number of hydrogen-bond donors (Lipinski definition) is 2. The molecule has 0 heterocycles. The summed E-state index contributed by atoms with van der Waals surface area (Å²) in [6.45, 7) is 2.00. The van der Waals surface area contributed by atoms with Crippen LogP contribution in [0.2, 0.25) is 0 Å². The van der Waals surface area contributed by atoms with Gasteiger partial charge in [-0.25, -0.2) is 13.1 Å². The first-order valence-electron chi connectivity index (χ1n) is 8.94. The molecule has 0 saturated heterocycles. The zero-order valence-electron chi connectivity index (χ0n) is 15.0. The Morgan fingerprint density at radius 3 is 2.52 bits per heavy atom. The number of nitrogens with one attached hydrogen (secondary N) is 2. The Morgan fingerprint density at radius 2 is 1.74 bits per heavy atom. The number of hydrogen-bond acceptors (Lipinski definition) is 3. The van der Waals surface area contributed by atoms with E-state index in [1.54, 1.807) is 19.1 Å². The van der Waals surface area contributed by atoms with Gasteiger partial charge in [0.1, 0.15) is 0 Å². The van der Waals surface area contributed by atoms with Gasteiger partial charge in [0.05, 0.1) is 4.90 Å². The van der Waals surface area contributed by atoms with Crippen LogP contribution in [0.3, 0.4) is 0 Å². The van der Waals surface area contributed by atoms with Crippen LogP contribution in [0, 0.1) is 0 Å². The third-order valence-corrected chi connectivity index (χ3v) is 6.41. The van der Waals surface area contributed by atoms with Crippen LogP contribution in [0.4, 0.5) is 5.69 Å². The quantitative estimate of drug-likeness (QED) is 0.711. The molecule has 0 unspecified atom stereocenters. The molecule has 0 aromatic heterocycles. The van der Waals surface area contributed by atoms with Crippen LogP contribution in [0.5, 0.6) is 0 Å². The molecule has 1 aliphatic carbocycles. The first-order valence-corrected chi connectivity index (χ1v) is 10.4. The molecule has 0 saturated carbocycles. The lowest BCUT2D eigenvalue weighted by molar-refractivity contribution is 0.102. The van der Waals surface area contributed by atoms with Crippen molar-refractivity contribution in [2.24, 2.45) is 0 Å². The average molecular weight is 380 g/mol. The van der Waals surface area contributed by atoms with Crippen LogP contribution in [-0.4, -0.2) is 20.9 Å². The van der Waals surface area contributed by atoms with Crippen molar-refractivity contribution in [2.45, 2.75) is 24.7 Å². The Morgan fingerprint density at radius 1 is 1.00 bits per heavy atom. The van der Waals surface area contributed by atoms with Gasteiger partial charge in [0.25, 0.3) is 5.91 Å². The molecule has 138 valence electrons. The van der Waals surface area contributed by atoms with Gasteiger partial charge in [-0.1, -0.05) is 37.3 Å². The molecule has 2 N–H and O–H groups in total. The fourth-order valence-corrected chi connectivity index (χ4v) is 4.71. The zero-order valence-corrected chi connectivity index (χ0v) is 15.8. The van der Waals surface area contributed by atoms with Crippen molar-refractivity contribution in [3.8, 4) is 0 Å². The number of rotatable bonds is 5. The monoisotopic (exact) mass is 380 g/mol. The lowest BCUT2D eigenvalue weighted by Crippen LogP contribution is -2.23. The van der Waals surface area contributed by atoms with Crippen molar-refractivity contribution >= 4 is 32.4 Å². The molecule has 0 spiro atoms. The van der Waals surface area contributed by atoms with E-state index in [4.69, 9.17) is 0 Å². The third kappa shape index (κ3) is 3.22. The van der Waals surface area contributed by atoms with Crippen LogP contribution >= 0.6 is 0 Å². The van der Waals surface area contributed by atoms with Gasteiger partial charge < -0.3 is 5.32 Å². The Bertz CT molecular complexity index is 1140. The minimum atomic E-state index is -3.61. The number of amides is 1. The van der Waals surface area contributed by atoms with Crippen molar-refractivity contribution in [3.05, 3.63) is 71.3 Å². The second kappa shape index (κ2) is 6.79. The highest BCUT2D eigenvalue weighted by molar-refractivity contribution is 7.89. The molecule has 0 aliphatic heterocycles. The van der Waals surface area contributed by atoms with Crippen LogP contribution in [0.1, 0.15) is 28.4 Å². The Balaban J connectivity index is 1.67. The highest BCUT2D eigenvalue weighted by atomic mass is 32.2. The third-order valence-electron chi connectivity index (χ3n) is 4.87. The summed E-state index contributed by atoms with van der Waals surface area (Å²) < 4.78 is 26.8. The largest absolute Gasteiger partial charge is 0.321 e. The predicted molar refractivity (Wildman–Crippen MR) is 107 cm³/mol. The summed E-state index contributed by atoms with van der Waals surface area (Å²) in [5.41, 5.74) is 3.65. The first-order chi connectivity index (χ1) is 13.0. The summed E-state index contributed by atoms with van der Waals surface area (Å²) in [4.78, 5) is 12.8. The Hall–Kier alpha value is -2.70. The maximum absolute atomic E-state index is 12.8. The summed E-state index contributed by atoms with van der Waals surface area (Å²) >= 11 is 0. The normalized spacial score (nSPS) is 13.1. The second-order valence-electron chi connectivity index (χ2n) is 6.60. The summed E-state index contributed by atoms with van der Waals surface area (Å²) in [6.07, 6.45) is 2.04. The number of anilines is 1. The van der Waals surface area contributed by atoms with Crippen LogP contribution < -0.4 is 10.0 Å². The van der Waals surface area contributed by atoms with Gasteiger partial charge in [-0.2, -0.15) is 0 Å². The Labute approximate surface area is 158 Å². The van der Waals surface area contributed by atoms with E-state index < -0.39 is 10.0 Å². The smallest absolute Gasteiger partial charge is 0.255 e. The lowest BCUT2D eigenvalue weighted by Gasteiger charge is -2.11. The maximum atomic E-state index is 12.8. The van der Waals surface area contributed by atoms with E-state index in [1.165, 1.54) is 28.6 Å². The van der Waals surface area contributed by atoms with E-state index >= 15 is 0 Å². The fraction of sp³-hybridized carbons (Fsp3) is 0.190. The van der Waals surface area contributed by atoms with Gasteiger partial charge in [0.2, 0.25) is 10.0 Å². The number of sulfonamides is 1. The summed E-state index contributed by atoms with van der Waals surface area (Å²) in [5.74, 6) is -0.331. The van der Waals surface area contributed by atoms with Crippen LogP contribution in [0.15, 0.2) is 59.5 Å². The zero-order chi connectivity index (χ0) is 19.0. The Kier molecular flexibility index (Phi) is 4.45. The minimum Gasteiger partial charge on any atom is -0.321 e. The van der Waals surface area contributed by atoms with Gasteiger partial charge in [-0.15, -0.1) is 0 Å². The van der Waals surface area contributed by atoms with Gasteiger partial charge in [-0.05, 0) is 53.6 Å². The number of carbonyl (C=O) groups is 1. The standard InChI is InChI=1S/C21H20N2O3S/c1-2-22-27(25,26)17-7-3-6-16(13-17)21(24)23-19-12-11-15-10-9-14-5-4-8-18(19)20(14)15/h3-8,11-13,22H,2,9-10H2,1H3,(H,23,24). The van der Waals surface area contributed by atoms with Crippen molar-refractivity contribution in [2.75, 3.05) is 11.9 Å². The average Bonchev–Trinajstić information content (AvgIpc) is 3.09. The summed E-state index contributed by atoms with van der Waals surface area (Å²) in [7, 11) is -3.61. The van der Waals surface area contributed by atoms with Gasteiger partial charge in [0, 0.05) is 23.2 Å². The molecular formula is C21H20N2O3S. The minimum absolute atomic E-state index is 0.0809. The predicted octanol–water partition coefficient (Wildman–Crippen LogP) is 3.49. The molecule has 3 aromatic carbocycles. The number of carbonyl (C=O) groups excluding carboxylic acids is 1. The summed E-state index contributed by atoms with van der Waals surface area (Å²) in [6, 6.07) is 16.2. The molecule has 0 fully saturated rings. The van der Waals surface area contributed by atoms with Crippen molar-refractivity contribution in [3.63, 3.8) is 0 Å². The molecule has 0 radical (unpaired) electrons. The molecular weight excluding hydrogens is 360 g/mol.